The van der Waals surface area contributed by atoms with Crippen LogP contribution in [-0.4, -0.2) is 24.8 Å². The molecule has 0 unspecified atom stereocenters. The van der Waals surface area contributed by atoms with Gasteiger partial charge in [-0.15, -0.1) is 0 Å². The van der Waals surface area contributed by atoms with Crippen molar-refractivity contribution in [2.45, 2.75) is 33.2 Å². The number of rotatable bonds is 8. The SMILES string of the molecule is COc1cccc2c1ccn2CCCCNCC(C)C. The van der Waals surface area contributed by atoms with Gasteiger partial charge in [-0.3, -0.25) is 0 Å². The predicted octanol–water partition coefficient (Wildman–Crippen LogP) is 3.68. The van der Waals surface area contributed by atoms with Crippen molar-refractivity contribution < 1.29 is 4.74 Å². The topological polar surface area (TPSA) is 26.2 Å². The Morgan fingerprint density at radius 1 is 1.20 bits per heavy atom. The third kappa shape index (κ3) is 3.76. The minimum Gasteiger partial charge on any atom is -0.496 e. The van der Waals surface area contributed by atoms with Crippen molar-refractivity contribution in [3.63, 3.8) is 0 Å². The smallest absolute Gasteiger partial charge is 0.128 e. The molecular weight excluding hydrogens is 248 g/mol. The summed E-state index contributed by atoms with van der Waals surface area (Å²) in [6.45, 7) is 7.78. The highest BCUT2D eigenvalue weighted by Crippen LogP contribution is 2.26. The summed E-state index contributed by atoms with van der Waals surface area (Å²) in [7, 11) is 1.73. The normalized spacial score (nSPS) is 11.4. The number of nitrogens with zero attached hydrogens (tertiary/aromatic N) is 1. The van der Waals surface area contributed by atoms with Crippen LogP contribution in [0.4, 0.5) is 0 Å². The fourth-order valence-corrected chi connectivity index (χ4v) is 2.49. The van der Waals surface area contributed by atoms with Gasteiger partial charge < -0.3 is 14.6 Å². The molecule has 0 aliphatic carbocycles. The Balaban J connectivity index is 1.85. The number of unbranched alkanes of at least 4 members (excludes halogenated alkanes) is 1. The molecule has 0 amide bonds. The van der Waals surface area contributed by atoms with Gasteiger partial charge >= 0.3 is 0 Å². The summed E-state index contributed by atoms with van der Waals surface area (Å²) in [5.41, 5.74) is 1.26. The van der Waals surface area contributed by atoms with Gasteiger partial charge in [0.1, 0.15) is 5.75 Å². The van der Waals surface area contributed by atoms with E-state index in [2.05, 4.69) is 48.1 Å². The highest BCUT2D eigenvalue weighted by Gasteiger charge is 2.05. The Morgan fingerprint density at radius 2 is 2.05 bits per heavy atom. The highest BCUT2D eigenvalue weighted by molar-refractivity contribution is 5.86. The lowest BCUT2D eigenvalue weighted by molar-refractivity contribution is 0.420. The first-order valence-electron chi connectivity index (χ1n) is 7.55. The number of hydrogen-bond acceptors (Lipinski definition) is 2. The standard InChI is InChI=1S/C17H26N2O/c1-14(2)13-18-10-4-5-11-19-12-9-15-16(19)7-6-8-17(15)20-3/h6-9,12,14,18H,4-5,10-11,13H2,1-3H3. The molecule has 0 radical (unpaired) electrons. The average molecular weight is 274 g/mol. The quantitative estimate of drug-likeness (QED) is 0.743. The van der Waals surface area contributed by atoms with Crippen LogP contribution in [0.5, 0.6) is 5.75 Å². The molecule has 0 spiro atoms. The first-order chi connectivity index (χ1) is 9.72. The Bertz CT molecular complexity index is 531. The molecular formula is C17H26N2O. The lowest BCUT2D eigenvalue weighted by Gasteiger charge is -2.09. The molecule has 20 heavy (non-hydrogen) atoms. The molecule has 0 atom stereocenters. The average Bonchev–Trinajstić information content (AvgIpc) is 2.85. The summed E-state index contributed by atoms with van der Waals surface area (Å²) in [6, 6.07) is 8.38. The molecule has 0 aliphatic heterocycles. The van der Waals surface area contributed by atoms with Gasteiger partial charge in [0.2, 0.25) is 0 Å². The number of benzene rings is 1. The number of ether oxygens (including phenoxy) is 1. The van der Waals surface area contributed by atoms with E-state index in [0.29, 0.717) is 0 Å². The summed E-state index contributed by atoms with van der Waals surface area (Å²) >= 11 is 0. The predicted molar refractivity (Wildman–Crippen MR) is 85.4 cm³/mol. The van der Waals surface area contributed by atoms with Gasteiger partial charge in [0, 0.05) is 18.1 Å². The van der Waals surface area contributed by atoms with Crippen molar-refractivity contribution in [1.82, 2.24) is 9.88 Å². The maximum Gasteiger partial charge on any atom is 0.128 e. The lowest BCUT2D eigenvalue weighted by atomic mass is 10.2. The van der Waals surface area contributed by atoms with Crippen LogP contribution < -0.4 is 10.1 Å². The summed E-state index contributed by atoms with van der Waals surface area (Å²) in [6.07, 6.45) is 4.58. The molecule has 1 aromatic heterocycles. The Labute approximate surface area is 121 Å². The highest BCUT2D eigenvalue weighted by atomic mass is 16.5. The molecule has 1 heterocycles. The van der Waals surface area contributed by atoms with Crippen LogP contribution >= 0.6 is 0 Å². The van der Waals surface area contributed by atoms with Crippen molar-refractivity contribution in [2.24, 2.45) is 5.92 Å². The molecule has 2 aromatic rings. The van der Waals surface area contributed by atoms with Crippen molar-refractivity contribution in [3.8, 4) is 5.75 Å². The zero-order valence-corrected chi connectivity index (χ0v) is 12.9. The Hall–Kier alpha value is -1.48. The van der Waals surface area contributed by atoms with Crippen LogP contribution in [0, 0.1) is 5.92 Å². The summed E-state index contributed by atoms with van der Waals surface area (Å²) in [5, 5.41) is 4.69. The fourth-order valence-electron chi connectivity index (χ4n) is 2.49. The molecule has 1 N–H and O–H groups in total. The van der Waals surface area contributed by atoms with Crippen LogP contribution in [0.15, 0.2) is 30.5 Å². The van der Waals surface area contributed by atoms with Gasteiger partial charge in [-0.1, -0.05) is 19.9 Å². The molecule has 3 nitrogen and oxygen atoms in total. The first kappa shape index (κ1) is 14.9. The maximum atomic E-state index is 5.40. The monoisotopic (exact) mass is 274 g/mol. The third-order valence-electron chi connectivity index (χ3n) is 3.55. The minimum absolute atomic E-state index is 0.732. The molecule has 0 aliphatic rings. The molecule has 1 aromatic carbocycles. The summed E-state index contributed by atoms with van der Waals surface area (Å²) in [4.78, 5) is 0. The molecule has 0 saturated carbocycles. The van der Waals surface area contributed by atoms with Gasteiger partial charge in [-0.05, 0) is 50.0 Å². The number of fused-ring (bicyclic) bond motifs is 1. The van der Waals surface area contributed by atoms with Crippen molar-refractivity contribution >= 4 is 10.9 Å². The number of nitrogens with one attached hydrogen (secondary N) is 1. The van der Waals surface area contributed by atoms with Gasteiger partial charge in [0.05, 0.1) is 12.6 Å². The maximum absolute atomic E-state index is 5.40. The van der Waals surface area contributed by atoms with E-state index in [9.17, 15) is 0 Å². The first-order valence-corrected chi connectivity index (χ1v) is 7.55. The van der Waals surface area contributed by atoms with Crippen LogP contribution in [0.3, 0.4) is 0 Å². The van der Waals surface area contributed by atoms with Crippen LogP contribution in [0.25, 0.3) is 10.9 Å². The molecule has 0 fully saturated rings. The summed E-state index contributed by atoms with van der Waals surface area (Å²) < 4.78 is 7.72. The van der Waals surface area contributed by atoms with Gasteiger partial charge in [-0.25, -0.2) is 0 Å². The van der Waals surface area contributed by atoms with Crippen molar-refractivity contribution in [2.75, 3.05) is 20.2 Å². The van der Waals surface area contributed by atoms with Crippen molar-refractivity contribution in [3.05, 3.63) is 30.5 Å². The number of hydrogen-bond donors (Lipinski definition) is 1. The zero-order valence-electron chi connectivity index (χ0n) is 12.9. The Kier molecular flexibility index (Phi) is 5.48. The second-order valence-corrected chi connectivity index (χ2v) is 5.71. The molecule has 2 rings (SSSR count). The molecule has 0 saturated heterocycles. The Morgan fingerprint density at radius 3 is 2.80 bits per heavy atom. The van der Waals surface area contributed by atoms with E-state index in [-0.39, 0.29) is 0 Å². The van der Waals surface area contributed by atoms with E-state index in [1.54, 1.807) is 7.11 Å². The minimum atomic E-state index is 0.732. The molecule has 110 valence electrons. The lowest BCUT2D eigenvalue weighted by Crippen LogP contribution is -2.20. The molecule has 3 heteroatoms. The van der Waals surface area contributed by atoms with E-state index in [1.807, 2.05) is 6.07 Å². The number of aromatic nitrogens is 1. The summed E-state index contributed by atoms with van der Waals surface area (Å²) in [5.74, 6) is 1.69. The van der Waals surface area contributed by atoms with E-state index in [4.69, 9.17) is 4.74 Å². The number of methoxy groups -OCH3 is 1. The van der Waals surface area contributed by atoms with Crippen LogP contribution in [0.2, 0.25) is 0 Å². The van der Waals surface area contributed by atoms with Crippen molar-refractivity contribution in [1.29, 1.82) is 0 Å². The van der Waals surface area contributed by atoms with Gasteiger partial charge in [0.15, 0.2) is 0 Å². The number of aryl methyl sites for hydroxylation is 1. The second-order valence-electron chi connectivity index (χ2n) is 5.71. The van der Waals surface area contributed by atoms with Gasteiger partial charge in [0.25, 0.3) is 0 Å². The fraction of sp³-hybridized carbons (Fsp3) is 0.529. The van der Waals surface area contributed by atoms with Crippen LogP contribution in [0.1, 0.15) is 26.7 Å². The zero-order chi connectivity index (χ0) is 14.4. The van der Waals surface area contributed by atoms with E-state index in [0.717, 1.165) is 31.3 Å². The van der Waals surface area contributed by atoms with E-state index in [1.165, 1.54) is 23.7 Å². The second kappa shape index (κ2) is 7.34. The molecule has 0 bridgehead atoms. The van der Waals surface area contributed by atoms with E-state index >= 15 is 0 Å². The third-order valence-corrected chi connectivity index (χ3v) is 3.55. The largest absolute Gasteiger partial charge is 0.496 e. The van der Waals surface area contributed by atoms with Gasteiger partial charge in [-0.2, -0.15) is 0 Å². The van der Waals surface area contributed by atoms with Crippen LogP contribution in [-0.2, 0) is 6.54 Å². The van der Waals surface area contributed by atoms with E-state index < -0.39 is 0 Å².